The molecular formula is C11H13BrO3. The largest absolute Gasteiger partial charge is 0.377 e. The van der Waals surface area contributed by atoms with Gasteiger partial charge >= 0.3 is 0 Å². The van der Waals surface area contributed by atoms with Crippen molar-refractivity contribution in [1.29, 1.82) is 0 Å². The summed E-state index contributed by atoms with van der Waals surface area (Å²) in [6, 6.07) is 0. The van der Waals surface area contributed by atoms with E-state index in [-0.39, 0.29) is 23.2 Å². The number of Topliss-reactive ketones (excluding diaryl/α,β-unsaturated/α-hetero) is 1. The summed E-state index contributed by atoms with van der Waals surface area (Å²) in [4.78, 5) is 12.2. The second-order valence-electron chi connectivity index (χ2n) is 4.85. The maximum Gasteiger partial charge on any atom is 0.177 e. The Hall–Kier alpha value is -0.190. The van der Waals surface area contributed by atoms with Gasteiger partial charge in [-0.15, -0.1) is 0 Å². The lowest BCUT2D eigenvalue weighted by atomic mass is 9.61. The van der Waals surface area contributed by atoms with Gasteiger partial charge in [0.15, 0.2) is 11.4 Å². The summed E-state index contributed by atoms with van der Waals surface area (Å²) >= 11 is 3.54. The van der Waals surface area contributed by atoms with Crippen molar-refractivity contribution in [2.45, 2.75) is 24.5 Å². The van der Waals surface area contributed by atoms with Gasteiger partial charge in [-0.25, -0.2) is 0 Å². The highest BCUT2D eigenvalue weighted by Crippen LogP contribution is 2.58. The van der Waals surface area contributed by atoms with Gasteiger partial charge in [0, 0.05) is 13.0 Å². The van der Waals surface area contributed by atoms with Crippen LogP contribution in [0.5, 0.6) is 0 Å². The molecule has 1 saturated heterocycles. The molecule has 4 heteroatoms. The summed E-state index contributed by atoms with van der Waals surface area (Å²) in [5.41, 5.74) is -0.855. The van der Waals surface area contributed by atoms with Gasteiger partial charge in [-0.1, -0.05) is 22.0 Å². The number of rotatable bonds is 1. The Balaban J connectivity index is 2.09. The number of halogens is 1. The van der Waals surface area contributed by atoms with Gasteiger partial charge in [0.2, 0.25) is 0 Å². The van der Waals surface area contributed by atoms with E-state index in [9.17, 15) is 4.79 Å². The highest BCUT2D eigenvalue weighted by atomic mass is 79.9. The van der Waals surface area contributed by atoms with E-state index in [0.717, 1.165) is 10.9 Å². The number of ether oxygens (including phenoxy) is 2. The summed E-state index contributed by atoms with van der Waals surface area (Å²) in [7, 11) is 1.68. The zero-order valence-corrected chi connectivity index (χ0v) is 10.3. The number of epoxide rings is 1. The van der Waals surface area contributed by atoms with Crippen molar-refractivity contribution >= 4 is 21.7 Å². The first-order valence-corrected chi connectivity index (χ1v) is 5.93. The van der Waals surface area contributed by atoms with Crippen molar-refractivity contribution in [3.8, 4) is 0 Å². The molecule has 4 atom stereocenters. The monoisotopic (exact) mass is 272 g/mol. The molecule has 15 heavy (non-hydrogen) atoms. The van der Waals surface area contributed by atoms with Crippen LogP contribution in [0.25, 0.3) is 0 Å². The molecular weight excluding hydrogens is 260 g/mol. The molecule has 2 fully saturated rings. The number of hydrogen-bond acceptors (Lipinski definition) is 3. The lowest BCUT2D eigenvalue weighted by Crippen LogP contribution is -2.58. The van der Waals surface area contributed by atoms with E-state index in [1.807, 2.05) is 13.0 Å². The van der Waals surface area contributed by atoms with Crippen LogP contribution >= 0.6 is 15.9 Å². The van der Waals surface area contributed by atoms with E-state index in [1.54, 1.807) is 7.11 Å². The van der Waals surface area contributed by atoms with Crippen LogP contribution in [0.1, 0.15) is 13.3 Å². The Kier molecular flexibility index (Phi) is 1.82. The summed E-state index contributed by atoms with van der Waals surface area (Å²) in [6.07, 6.45) is 2.85. The van der Waals surface area contributed by atoms with Gasteiger partial charge in [-0.05, 0) is 17.8 Å². The quantitative estimate of drug-likeness (QED) is 0.682. The summed E-state index contributed by atoms with van der Waals surface area (Å²) < 4.78 is 12.0. The van der Waals surface area contributed by atoms with Crippen LogP contribution in [0.4, 0.5) is 0 Å². The van der Waals surface area contributed by atoms with Crippen LogP contribution in [0.2, 0.25) is 0 Å². The van der Waals surface area contributed by atoms with Crippen molar-refractivity contribution < 1.29 is 14.3 Å². The lowest BCUT2D eigenvalue weighted by Gasteiger charge is -2.48. The number of carbonyl (C=O) groups is 1. The molecule has 1 aliphatic heterocycles. The van der Waals surface area contributed by atoms with Crippen molar-refractivity contribution in [2.75, 3.05) is 13.7 Å². The highest BCUT2D eigenvalue weighted by Gasteiger charge is 2.69. The fraction of sp³-hybridized carbons (Fsp3) is 0.727. The summed E-state index contributed by atoms with van der Waals surface area (Å²) in [5.74, 6) is 0.190. The van der Waals surface area contributed by atoms with Crippen LogP contribution in [0.3, 0.4) is 0 Å². The molecule has 2 bridgehead atoms. The van der Waals surface area contributed by atoms with E-state index in [0.29, 0.717) is 6.61 Å². The maximum absolute atomic E-state index is 12.2. The lowest BCUT2D eigenvalue weighted by molar-refractivity contribution is -0.150. The van der Waals surface area contributed by atoms with Crippen LogP contribution in [-0.4, -0.2) is 30.7 Å². The number of fused-ring (bicyclic) bond motifs is 1. The van der Waals surface area contributed by atoms with Crippen molar-refractivity contribution in [2.24, 2.45) is 11.8 Å². The number of methoxy groups -OCH3 is 1. The molecule has 0 aromatic rings. The van der Waals surface area contributed by atoms with E-state index in [1.165, 1.54) is 0 Å². The molecule has 1 heterocycles. The van der Waals surface area contributed by atoms with Crippen molar-refractivity contribution in [3.63, 3.8) is 0 Å². The molecule has 3 aliphatic carbocycles. The van der Waals surface area contributed by atoms with Crippen LogP contribution in [0.15, 0.2) is 10.6 Å². The summed E-state index contributed by atoms with van der Waals surface area (Å²) in [6.45, 7) is 2.59. The molecule has 4 rings (SSSR count). The smallest absolute Gasteiger partial charge is 0.177 e. The van der Waals surface area contributed by atoms with Crippen molar-refractivity contribution in [1.82, 2.24) is 0 Å². The van der Waals surface area contributed by atoms with Gasteiger partial charge in [0.25, 0.3) is 0 Å². The fourth-order valence-corrected chi connectivity index (χ4v) is 3.68. The Morgan fingerprint density at radius 2 is 2.33 bits per heavy atom. The number of hydrogen-bond donors (Lipinski definition) is 0. The third-order valence-electron chi connectivity index (χ3n) is 4.11. The third-order valence-corrected chi connectivity index (χ3v) is 4.93. The van der Waals surface area contributed by atoms with Gasteiger partial charge in [-0.2, -0.15) is 0 Å². The Morgan fingerprint density at radius 1 is 1.67 bits per heavy atom. The fourth-order valence-electron chi connectivity index (χ4n) is 2.89. The Morgan fingerprint density at radius 3 is 2.87 bits per heavy atom. The first kappa shape index (κ1) is 10.00. The standard InChI is InChI=1S/C11H13BrO3/c1-10(14-2)4-7-8(12)3-6(10)9(13)11(7)5-15-11/h3,6-7H,4-5H2,1-2H3/t6?,7?,10-,11+/m1/s1. The molecule has 4 aliphatic rings. The second kappa shape index (κ2) is 2.73. The van der Waals surface area contributed by atoms with Gasteiger partial charge in [0.1, 0.15) is 0 Å². The third kappa shape index (κ3) is 1.05. The molecule has 0 aromatic carbocycles. The van der Waals surface area contributed by atoms with Gasteiger partial charge in [0.05, 0.1) is 18.1 Å². The summed E-state index contributed by atoms with van der Waals surface area (Å²) in [5, 5.41) is 0. The second-order valence-corrected chi connectivity index (χ2v) is 5.76. The van der Waals surface area contributed by atoms with Crippen LogP contribution in [0, 0.1) is 11.8 Å². The first-order valence-electron chi connectivity index (χ1n) is 5.14. The Labute approximate surface area is 96.9 Å². The topological polar surface area (TPSA) is 38.8 Å². The predicted octanol–water partition coefficient (Wildman–Crippen LogP) is 1.66. The average molecular weight is 273 g/mol. The minimum atomic E-state index is -0.504. The van der Waals surface area contributed by atoms with E-state index in [4.69, 9.17) is 9.47 Å². The first-order chi connectivity index (χ1) is 7.03. The zero-order valence-electron chi connectivity index (χ0n) is 8.75. The molecule has 2 unspecified atom stereocenters. The van der Waals surface area contributed by atoms with Crippen LogP contribution in [-0.2, 0) is 14.3 Å². The molecule has 1 saturated carbocycles. The molecule has 0 aromatic heterocycles. The SMILES string of the molecule is CO[C@]1(C)CC2C(Br)=CC1C(=O)[C@]21CO1. The maximum atomic E-state index is 12.2. The van der Waals surface area contributed by atoms with Gasteiger partial charge in [-0.3, -0.25) is 4.79 Å². The molecule has 0 radical (unpaired) electrons. The number of carbonyl (C=O) groups excluding carboxylic acids is 1. The number of ketones is 1. The predicted molar refractivity (Wildman–Crippen MR) is 57.7 cm³/mol. The molecule has 0 amide bonds. The highest BCUT2D eigenvalue weighted by molar-refractivity contribution is 9.11. The molecule has 0 N–H and O–H groups in total. The van der Waals surface area contributed by atoms with E-state index >= 15 is 0 Å². The molecule has 82 valence electrons. The Bertz CT molecular complexity index is 372. The molecule has 3 nitrogen and oxygen atoms in total. The molecule has 1 spiro atoms. The van der Waals surface area contributed by atoms with Crippen molar-refractivity contribution in [3.05, 3.63) is 10.6 Å². The van der Waals surface area contributed by atoms with E-state index in [2.05, 4.69) is 15.9 Å². The van der Waals surface area contributed by atoms with Crippen LogP contribution < -0.4 is 0 Å². The normalized spacial score (nSPS) is 52.2. The average Bonchev–Trinajstić information content (AvgIpc) is 2.99. The zero-order chi connectivity index (χ0) is 10.8. The van der Waals surface area contributed by atoms with E-state index < -0.39 is 5.60 Å². The minimum Gasteiger partial charge on any atom is -0.377 e. The minimum absolute atomic E-state index is 0.153. The van der Waals surface area contributed by atoms with Gasteiger partial charge < -0.3 is 9.47 Å².